The van der Waals surface area contributed by atoms with Gasteiger partial charge in [-0.05, 0) is 64.2 Å². The van der Waals surface area contributed by atoms with Crippen LogP contribution in [0.1, 0.15) is 168 Å². The molecule has 0 aliphatic carbocycles. The quantitative estimate of drug-likeness (QED) is 0.0320. The van der Waals surface area contributed by atoms with Crippen LogP contribution in [0.2, 0.25) is 0 Å². The smallest absolute Gasteiger partial charge is 0.220 e. The SMILES string of the molecule is CCCCC/C=C/CCCC[C@@H](O)[C@H](CO[C@H]1O[C@@H](CO)[C@H](O)C(O)C1O)NC(=O)CCCCCCCCC/C=C/CCCCCCCC. The minimum absolute atomic E-state index is 0.152. The number of unbranched alkanes of at least 4 members (excludes halogenated alkanes) is 18. The third-order valence-electron chi connectivity index (χ3n) is 9.53. The molecule has 1 amide bonds. The van der Waals surface area contributed by atoms with Gasteiger partial charge in [0.2, 0.25) is 5.91 Å². The van der Waals surface area contributed by atoms with E-state index in [0.29, 0.717) is 12.8 Å². The van der Waals surface area contributed by atoms with Crippen molar-refractivity contribution in [2.75, 3.05) is 13.2 Å². The van der Waals surface area contributed by atoms with E-state index in [1.54, 1.807) is 0 Å². The summed E-state index contributed by atoms with van der Waals surface area (Å²) in [6, 6.07) is -0.732. The van der Waals surface area contributed by atoms with Crippen molar-refractivity contribution in [1.29, 1.82) is 0 Å². The molecular formula is C40H75NO8. The Morgan fingerprint density at radius 1 is 0.673 bits per heavy atom. The van der Waals surface area contributed by atoms with Gasteiger partial charge in [0, 0.05) is 6.42 Å². The first-order chi connectivity index (χ1) is 23.8. The van der Waals surface area contributed by atoms with Crippen molar-refractivity contribution in [2.45, 2.75) is 211 Å². The number of ether oxygens (including phenoxy) is 2. The number of rotatable bonds is 32. The molecule has 288 valence electrons. The average Bonchev–Trinajstić information content (AvgIpc) is 3.10. The molecule has 1 fully saturated rings. The zero-order valence-electron chi connectivity index (χ0n) is 31.2. The van der Waals surface area contributed by atoms with E-state index in [-0.39, 0.29) is 12.5 Å². The van der Waals surface area contributed by atoms with Gasteiger partial charge in [-0.3, -0.25) is 4.79 Å². The van der Waals surface area contributed by atoms with E-state index in [1.807, 2.05) is 0 Å². The van der Waals surface area contributed by atoms with Crippen molar-refractivity contribution < 1.29 is 39.8 Å². The molecule has 9 heteroatoms. The number of allylic oxidation sites excluding steroid dienone is 4. The van der Waals surface area contributed by atoms with E-state index in [9.17, 15) is 30.3 Å². The summed E-state index contributed by atoms with van der Waals surface area (Å²) >= 11 is 0. The summed E-state index contributed by atoms with van der Waals surface area (Å²) in [7, 11) is 0. The van der Waals surface area contributed by atoms with Crippen LogP contribution < -0.4 is 5.32 Å². The predicted octanol–water partition coefficient (Wildman–Crippen LogP) is 7.16. The number of carbonyl (C=O) groups excluding carboxylic acids is 1. The van der Waals surface area contributed by atoms with Gasteiger partial charge in [-0.2, -0.15) is 0 Å². The molecule has 2 unspecified atom stereocenters. The maximum atomic E-state index is 12.9. The van der Waals surface area contributed by atoms with Gasteiger partial charge in [-0.15, -0.1) is 0 Å². The Morgan fingerprint density at radius 2 is 1.14 bits per heavy atom. The lowest BCUT2D eigenvalue weighted by molar-refractivity contribution is -0.302. The van der Waals surface area contributed by atoms with E-state index in [0.717, 1.165) is 44.9 Å². The first-order valence-corrected chi connectivity index (χ1v) is 20.0. The molecule has 1 aliphatic rings. The fourth-order valence-electron chi connectivity index (χ4n) is 6.21. The molecule has 1 rings (SSSR count). The van der Waals surface area contributed by atoms with Crippen LogP contribution in [0, 0.1) is 0 Å². The van der Waals surface area contributed by atoms with Gasteiger partial charge in [0.05, 0.1) is 25.4 Å². The van der Waals surface area contributed by atoms with Crippen molar-refractivity contribution in [3.63, 3.8) is 0 Å². The molecule has 1 saturated heterocycles. The van der Waals surface area contributed by atoms with Gasteiger partial charge in [-0.1, -0.05) is 122 Å². The zero-order valence-corrected chi connectivity index (χ0v) is 31.2. The molecule has 0 bridgehead atoms. The standard InChI is InChI=1S/C40H75NO8/c1-3-5-7-9-11-13-14-15-16-17-18-19-20-22-24-26-28-30-36(44)41-33(34(43)29-27-25-23-21-12-10-8-6-4-2)32-48-40-39(47)38(46)37(45)35(31-42)49-40/h12,15-16,21,33-35,37-40,42-43,45-47H,3-11,13-14,17-20,22-32H2,1-2H3,(H,41,44)/b16-15+,21-12+/t33-,34+,35-,37-,38?,39?,40-/m0/s1. The van der Waals surface area contributed by atoms with E-state index >= 15 is 0 Å². The van der Waals surface area contributed by atoms with E-state index in [1.165, 1.54) is 96.3 Å². The Kier molecular flexibility index (Phi) is 29.3. The van der Waals surface area contributed by atoms with Gasteiger partial charge < -0.3 is 40.3 Å². The largest absolute Gasteiger partial charge is 0.394 e. The van der Waals surface area contributed by atoms with Gasteiger partial charge in [0.15, 0.2) is 6.29 Å². The number of aliphatic hydroxyl groups is 5. The Bertz CT molecular complexity index is 822. The normalized spacial score (nSPS) is 22.6. The monoisotopic (exact) mass is 698 g/mol. The highest BCUT2D eigenvalue weighted by Gasteiger charge is 2.44. The Morgan fingerprint density at radius 3 is 1.69 bits per heavy atom. The highest BCUT2D eigenvalue weighted by molar-refractivity contribution is 5.76. The lowest BCUT2D eigenvalue weighted by Gasteiger charge is -2.40. The first-order valence-electron chi connectivity index (χ1n) is 20.0. The van der Waals surface area contributed by atoms with Gasteiger partial charge in [0.1, 0.15) is 24.4 Å². The number of amides is 1. The summed E-state index contributed by atoms with van der Waals surface area (Å²) in [6.07, 6.45) is 27.7. The molecule has 9 nitrogen and oxygen atoms in total. The van der Waals surface area contributed by atoms with Crippen molar-refractivity contribution in [1.82, 2.24) is 5.32 Å². The van der Waals surface area contributed by atoms with Gasteiger partial charge in [0.25, 0.3) is 0 Å². The maximum absolute atomic E-state index is 12.9. The molecule has 6 N–H and O–H groups in total. The van der Waals surface area contributed by atoms with Crippen LogP contribution >= 0.6 is 0 Å². The summed E-state index contributed by atoms with van der Waals surface area (Å²) < 4.78 is 11.2. The van der Waals surface area contributed by atoms with Crippen LogP contribution in [0.25, 0.3) is 0 Å². The fraction of sp³-hybridized carbons (Fsp3) is 0.875. The third kappa shape index (κ3) is 23.0. The molecule has 1 heterocycles. The van der Waals surface area contributed by atoms with Gasteiger partial charge >= 0.3 is 0 Å². The topological polar surface area (TPSA) is 149 Å². The molecule has 0 radical (unpaired) electrons. The minimum atomic E-state index is -1.56. The van der Waals surface area contributed by atoms with Crippen LogP contribution in [0.3, 0.4) is 0 Å². The molecule has 0 aromatic carbocycles. The predicted molar refractivity (Wildman–Crippen MR) is 198 cm³/mol. The van der Waals surface area contributed by atoms with Crippen LogP contribution in [0.15, 0.2) is 24.3 Å². The highest BCUT2D eigenvalue weighted by Crippen LogP contribution is 2.23. The average molecular weight is 698 g/mol. The summed E-state index contributed by atoms with van der Waals surface area (Å²) in [5.74, 6) is -0.163. The van der Waals surface area contributed by atoms with Crippen molar-refractivity contribution in [3.05, 3.63) is 24.3 Å². The zero-order chi connectivity index (χ0) is 36.0. The third-order valence-corrected chi connectivity index (χ3v) is 9.53. The molecule has 0 aromatic rings. The van der Waals surface area contributed by atoms with Crippen LogP contribution in [-0.2, 0) is 14.3 Å². The number of nitrogens with one attached hydrogen (secondary N) is 1. The second-order valence-electron chi connectivity index (χ2n) is 14.1. The van der Waals surface area contributed by atoms with Crippen LogP contribution in [-0.4, -0.2) is 87.5 Å². The van der Waals surface area contributed by atoms with Crippen molar-refractivity contribution >= 4 is 5.91 Å². The molecule has 49 heavy (non-hydrogen) atoms. The number of aliphatic hydroxyl groups excluding tert-OH is 5. The number of carbonyl (C=O) groups is 1. The molecule has 1 aliphatic heterocycles. The van der Waals surface area contributed by atoms with Crippen LogP contribution in [0.4, 0.5) is 0 Å². The van der Waals surface area contributed by atoms with Crippen LogP contribution in [0.5, 0.6) is 0 Å². The highest BCUT2D eigenvalue weighted by atomic mass is 16.7. The minimum Gasteiger partial charge on any atom is -0.394 e. The first kappa shape index (κ1) is 45.7. The molecule has 0 spiro atoms. The van der Waals surface area contributed by atoms with Crippen molar-refractivity contribution in [3.8, 4) is 0 Å². The summed E-state index contributed by atoms with van der Waals surface area (Å²) in [6.45, 7) is 3.74. The van der Waals surface area contributed by atoms with Gasteiger partial charge in [-0.25, -0.2) is 0 Å². The summed E-state index contributed by atoms with van der Waals surface area (Å²) in [5.41, 5.74) is 0. The second kappa shape index (κ2) is 31.4. The lowest BCUT2D eigenvalue weighted by Crippen LogP contribution is -2.60. The molecule has 7 atom stereocenters. The Hall–Kier alpha value is -1.33. The Balaban J connectivity index is 2.37. The molecular weight excluding hydrogens is 622 g/mol. The summed E-state index contributed by atoms with van der Waals surface area (Å²) in [5, 5.41) is 54.0. The van der Waals surface area contributed by atoms with E-state index in [4.69, 9.17) is 9.47 Å². The number of hydrogen-bond acceptors (Lipinski definition) is 8. The lowest BCUT2D eigenvalue weighted by atomic mass is 9.99. The molecule has 0 aromatic heterocycles. The summed E-state index contributed by atoms with van der Waals surface area (Å²) in [4.78, 5) is 12.9. The Labute approximate surface area is 298 Å². The van der Waals surface area contributed by atoms with Crippen molar-refractivity contribution in [2.24, 2.45) is 0 Å². The van der Waals surface area contributed by atoms with E-state index < -0.39 is 49.5 Å². The maximum Gasteiger partial charge on any atom is 0.220 e. The molecule has 0 saturated carbocycles. The number of hydrogen-bond donors (Lipinski definition) is 6. The van der Waals surface area contributed by atoms with E-state index in [2.05, 4.69) is 43.5 Å². The fourth-order valence-corrected chi connectivity index (χ4v) is 6.21. The second-order valence-corrected chi connectivity index (χ2v) is 14.1.